The summed E-state index contributed by atoms with van der Waals surface area (Å²) in [5, 5.41) is 39.3. The van der Waals surface area contributed by atoms with E-state index in [0.717, 1.165) is 6.42 Å². The Hall–Kier alpha value is -3.23. The number of carbonyl (C=O) groups is 5. The SMILES string of the molecule is CCCCC(NC(=O)[C@@]1(CCCCC(=O)O)SC[C@@H]2NC(=O)N[C@@H]21)C(=O)N[C@@H](CCCNC(=N)N)C(=O)O. The van der Waals surface area contributed by atoms with Gasteiger partial charge in [-0.1, -0.05) is 26.2 Å². The van der Waals surface area contributed by atoms with E-state index in [-0.39, 0.29) is 37.4 Å². The van der Waals surface area contributed by atoms with E-state index < -0.39 is 46.6 Å². The van der Waals surface area contributed by atoms with Crippen molar-refractivity contribution in [2.75, 3.05) is 12.3 Å². The lowest BCUT2D eigenvalue weighted by Crippen LogP contribution is -2.60. The third-order valence-electron chi connectivity index (χ3n) is 6.67. The molecule has 10 N–H and O–H groups in total. The Labute approximate surface area is 225 Å². The van der Waals surface area contributed by atoms with Crippen molar-refractivity contribution < 1.29 is 34.2 Å². The van der Waals surface area contributed by atoms with Gasteiger partial charge in [0.25, 0.3) is 0 Å². The highest BCUT2D eigenvalue weighted by atomic mass is 32.2. The lowest BCUT2D eigenvalue weighted by molar-refractivity contribution is -0.142. The first-order chi connectivity index (χ1) is 18.0. The first kappa shape index (κ1) is 31.0. The van der Waals surface area contributed by atoms with Crippen LogP contribution < -0.4 is 32.3 Å². The van der Waals surface area contributed by atoms with E-state index in [1.54, 1.807) is 0 Å². The molecule has 2 heterocycles. The van der Waals surface area contributed by atoms with E-state index in [1.807, 2.05) is 6.92 Å². The molecule has 2 aliphatic heterocycles. The van der Waals surface area contributed by atoms with Crippen LogP contribution in [0.25, 0.3) is 0 Å². The first-order valence-electron chi connectivity index (χ1n) is 12.8. The number of hydrogen-bond donors (Lipinski definition) is 9. The van der Waals surface area contributed by atoms with Crippen LogP contribution in [0.1, 0.15) is 64.7 Å². The number of hydrogen-bond acceptors (Lipinski definition) is 7. The summed E-state index contributed by atoms with van der Waals surface area (Å²) < 4.78 is -1.10. The van der Waals surface area contributed by atoms with Crippen LogP contribution >= 0.6 is 11.8 Å². The fourth-order valence-electron chi connectivity index (χ4n) is 4.67. The second kappa shape index (κ2) is 14.6. The number of nitrogens with two attached hydrogens (primary N) is 1. The molecule has 0 aliphatic carbocycles. The van der Waals surface area contributed by atoms with Crippen LogP contribution in [-0.2, 0) is 19.2 Å². The van der Waals surface area contributed by atoms with Crippen LogP contribution in [0.4, 0.5) is 4.79 Å². The Morgan fingerprint density at radius 3 is 2.45 bits per heavy atom. The Balaban J connectivity index is 2.14. The molecule has 14 nitrogen and oxygen atoms in total. The third-order valence-corrected chi connectivity index (χ3v) is 8.35. The number of rotatable bonds is 17. The highest BCUT2D eigenvalue weighted by molar-refractivity contribution is 8.01. The number of unbranched alkanes of at least 4 members (excludes halogenated alkanes) is 2. The van der Waals surface area contributed by atoms with Gasteiger partial charge in [-0.15, -0.1) is 11.8 Å². The van der Waals surface area contributed by atoms with E-state index in [9.17, 15) is 29.1 Å². The van der Waals surface area contributed by atoms with Gasteiger partial charge in [-0.05, 0) is 32.1 Å². The number of carbonyl (C=O) groups excluding carboxylic acids is 3. The Morgan fingerprint density at radius 2 is 1.82 bits per heavy atom. The molecule has 0 spiro atoms. The lowest BCUT2D eigenvalue weighted by atomic mass is 9.88. The van der Waals surface area contributed by atoms with Gasteiger partial charge >= 0.3 is 18.0 Å². The predicted octanol–water partition coefficient (Wildman–Crippen LogP) is -0.325. The normalized spacial score (nSPS) is 23.3. The Kier molecular flexibility index (Phi) is 11.9. The molecule has 15 heteroatoms. The predicted molar refractivity (Wildman–Crippen MR) is 141 cm³/mol. The molecule has 0 saturated carbocycles. The number of amides is 4. The summed E-state index contributed by atoms with van der Waals surface area (Å²) in [7, 11) is 0. The Bertz CT molecular complexity index is 905. The molecule has 0 aromatic carbocycles. The van der Waals surface area contributed by atoms with Crippen LogP contribution in [0.15, 0.2) is 0 Å². The largest absolute Gasteiger partial charge is 0.481 e. The minimum absolute atomic E-state index is 0.0406. The number of carboxylic acid groups (broad SMARTS) is 2. The molecule has 2 fully saturated rings. The second-order valence-corrected chi connectivity index (χ2v) is 10.9. The molecule has 5 atom stereocenters. The van der Waals surface area contributed by atoms with Crippen molar-refractivity contribution in [1.29, 1.82) is 5.41 Å². The van der Waals surface area contributed by atoms with E-state index in [4.69, 9.17) is 16.2 Å². The van der Waals surface area contributed by atoms with Gasteiger partial charge in [0.05, 0.1) is 12.1 Å². The van der Waals surface area contributed by atoms with Crippen LogP contribution in [0.3, 0.4) is 0 Å². The molecule has 2 rings (SSSR count). The van der Waals surface area contributed by atoms with Crippen LogP contribution in [-0.4, -0.2) is 87.2 Å². The highest BCUT2D eigenvalue weighted by Gasteiger charge is 2.58. The van der Waals surface area contributed by atoms with Crippen molar-refractivity contribution in [3.05, 3.63) is 0 Å². The van der Waals surface area contributed by atoms with Gasteiger partial charge in [0.2, 0.25) is 11.8 Å². The van der Waals surface area contributed by atoms with Crippen LogP contribution in [0.5, 0.6) is 0 Å². The summed E-state index contributed by atoms with van der Waals surface area (Å²) in [6, 6.07) is -3.36. The van der Waals surface area contributed by atoms with Gasteiger partial charge in [-0.25, -0.2) is 9.59 Å². The van der Waals surface area contributed by atoms with Crippen molar-refractivity contribution in [2.45, 2.75) is 93.6 Å². The molecular weight excluding hydrogens is 518 g/mol. The maximum absolute atomic E-state index is 13.8. The fourth-order valence-corrected chi connectivity index (χ4v) is 6.31. The average molecular weight is 558 g/mol. The molecule has 0 aromatic heterocycles. The van der Waals surface area contributed by atoms with Crippen molar-refractivity contribution in [2.24, 2.45) is 5.73 Å². The number of fused-ring (bicyclic) bond motifs is 1. The minimum atomic E-state index is -1.22. The number of guanidine groups is 1. The molecule has 1 unspecified atom stereocenters. The summed E-state index contributed by atoms with van der Waals surface area (Å²) in [4.78, 5) is 61.6. The number of aliphatic carboxylic acids is 2. The van der Waals surface area contributed by atoms with E-state index in [0.29, 0.717) is 44.3 Å². The summed E-state index contributed by atoms with van der Waals surface area (Å²) in [6.45, 7) is 2.20. The summed E-state index contributed by atoms with van der Waals surface area (Å²) in [6.07, 6.45) is 3.17. The third kappa shape index (κ3) is 8.67. The van der Waals surface area contributed by atoms with Gasteiger partial charge in [-0.3, -0.25) is 19.8 Å². The molecule has 0 bridgehead atoms. The van der Waals surface area contributed by atoms with E-state index in [1.165, 1.54) is 11.8 Å². The van der Waals surface area contributed by atoms with Gasteiger partial charge < -0.3 is 42.5 Å². The lowest BCUT2D eigenvalue weighted by Gasteiger charge is -2.34. The average Bonchev–Trinajstić information content (AvgIpc) is 3.38. The zero-order valence-electron chi connectivity index (χ0n) is 21.5. The maximum atomic E-state index is 13.8. The molecule has 4 amide bonds. The number of thioether (sulfide) groups is 1. The van der Waals surface area contributed by atoms with Crippen LogP contribution in [0.2, 0.25) is 0 Å². The summed E-state index contributed by atoms with van der Waals surface area (Å²) >= 11 is 1.37. The van der Waals surface area contributed by atoms with Crippen molar-refractivity contribution in [1.82, 2.24) is 26.6 Å². The van der Waals surface area contributed by atoms with Crippen molar-refractivity contribution >= 4 is 47.5 Å². The quantitative estimate of drug-likeness (QED) is 0.0489. The molecule has 38 heavy (non-hydrogen) atoms. The summed E-state index contributed by atoms with van der Waals surface area (Å²) in [5.74, 6) is -2.96. The smallest absolute Gasteiger partial charge is 0.326 e. The molecule has 0 radical (unpaired) electrons. The molecule has 2 saturated heterocycles. The number of carboxylic acids is 2. The number of urea groups is 1. The first-order valence-corrected chi connectivity index (χ1v) is 13.8. The minimum Gasteiger partial charge on any atom is -0.481 e. The molecule has 214 valence electrons. The van der Waals surface area contributed by atoms with Gasteiger partial charge in [0.15, 0.2) is 5.96 Å². The molecular formula is C23H39N7O7S. The highest BCUT2D eigenvalue weighted by Crippen LogP contribution is 2.44. The fraction of sp³-hybridized carbons (Fsp3) is 0.739. The van der Waals surface area contributed by atoms with Crippen molar-refractivity contribution in [3.63, 3.8) is 0 Å². The Morgan fingerprint density at radius 1 is 1.11 bits per heavy atom. The second-order valence-electron chi connectivity index (χ2n) is 9.55. The molecule has 0 aromatic rings. The van der Waals surface area contributed by atoms with Gasteiger partial charge in [0, 0.05) is 18.7 Å². The van der Waals surface area contributed by atoms with Crippen LogP contribution in [0, 0.1) is 5.41 Å². The molecule has 2 aliphatic rings. The topological polar surface area (TPSA) is 236 Å². The van der Waals surface area contributed by atoms with Crippen molar-refractivity contribution in [3.8, 4) is 0 Å². The summed E-state index contributed by atoms with van der Waals surface area (Å²) in [5.41, 5.74) is 5.23. The monoisotopic (exact) mass is 557 g/mol. The standard InChI is InChI=1S/C23H39N7O7S/c1-2-3-7-13(18(33)27-14(19(34)35)8-6-11-26-21(24)25)28-20(36)23(10-5-4-9-16(31)32)17-15(12-38-23)29-22(37)30-17/h13-15,17H,2-12H2,1H3,(H,27,33)(H,28,36)(H,31,32)(H,34,35)(H4,24,25,26)(H2,29,30,37)/t13?,14-,15-,17-,23-/m0/s1. The zero-order chi connectivity index (χ0) is 28.3. The van der Waals surface area contributed by atoms with E-state index in [2.05, 4.69) is 26.6 Å². The van der Waals surface area contributed by atoms with E-state index >= 15 is 0 Å². The van der Waals surface area contributed by atoms with Gasteiger partial charge in [0.1, 0.15) is 16.8 Å². The van der Waals surface area contributed by atoms with Gasteiger partial charge in [-0.2, -0.15) is 0 Å². The maximum Gasteiger partial charge on any atom is 0.326 e. The zero-order valence-corrected chi connectivity index (χ0v) is 22.3. The number of nitrogens with one attached hydrogen (secondary N) is 6.